The van der Waals surface area contributed by atoms with Gasteiger partial charge in [-0.3, -0.25) is 9.69 Å². The van der Waals surface area contributed by atoms with E-state index in [9.17, 15) is 9.90 Å². The number of carboxylic acids is 1. The summed E-state index contributed by atoms with van der Waals surface area (Å²) in [4.78, 5) is 13.7. The van der Waals surface area contributed by atoms with Crippen LogP contribution in [0.15, 0.2) is 0 Å². The van der Waals surface area contributed by atoms with Crippen molar-refractivity contribution in [1.29, 1.82) is 0 Å². The number of likely N-dealkylation sites (tertiary alicyclic amines) is 1. The van der Waals surface area contributed by atoms with Gasteiger partial charge in [0.1, 0.15) is 0 Å². The molecule has 0 aliphatic carbocycles. The standard InChI is InChI=1S/C14H25NO3/c1-12(2)10-14(9-11(16)17,13(3,4)18-12)15-7-5-6-8-15/h5-10H2,1-4H3,(H,16,17). The third kappa shape index (κ3) is 2.16. The highest BCUT2D eigenvalue weighted by atomic mass is 16.5. The van der Waals surface area contributed by atoms with E-state index in [1.54, 1.807) is 0 Å². The first kappa shape index (κ1) is 13.8. The SMILES string of the molecule is CC1(C)CC(CC(=O)O)(N2CCCC2)C(C)(C)O1. The number of hydrogen-bond donors (Lipinski definition) is 1. The summed E-state index contributed by atoms with van der Waals surface area (Å²) in [5, 5.41) is 9.32. The number of nitrogens with zero attached hydrogens (tertiary/aromatic N) is 1. The molecule has 0 radical (unpaired) electrons. The minimum atomic E-state index is -0.726. The van der Waals surface area contributed by atoms with E-state index in [4.69, 9.17) is 4.74 Å². The molecule has 0 aromatic rings. The van der Waals surface area contributed by atoms with Crippen molar-refractivity contribution in [1.82, 2.24) is 4.90 Å². The lowest BCUT2D eigenvalue weighted by Crippen LogP contribution is -2.59. The molecular weight excluding hydrogens is 230 g/mol. The largest absolute Gasteiger partial charge is 0.481 e. The minimum Gasteiger partial charge on any atom is -0.481 e. The first-order valence-corrected chi connectivity index (χ1v) is 6.86. The maximum Gasteiger partial charge on any atom is 0.305 e. The Labute approximate surface area is 109 Å². The Morgan fingerprint density at radius 1 is 1.22 bits per heavy atom. The van der Waals surface area contributed by atoms with Crippen LogP contribution in [-0.2, 0) is 9.53 Å². The quantitative estimate of drug-likeness (QED) is 0.840. The van der Waals surface area contributed by atoms with E-state index >= 15 is 0 Å². The molecule has 4 heteroatoms. The number of carboxylic acid groups (broad SMARTS) is 1. The molecule has 0 aromatic heterocycles. The van der Waals surface area contributed by atoms with Gasteiger partial charge in [-0.05, 0) is 60.0 Å². The van der Waals surface area contributed by atoms with Crippen LogP contribution in [-0.4, -0.2) is 45.8 Å². The summed E-state index contributed by atoms with van der Waals surface area (Å²) in [6.45, 7) is 10.2. The second-order valence-electron chi connectivity index (χ2n) is 6.85. The van der Waals surface area contributed by atoms with Gasteiger partial charge in [-0.1, -0.05) is 0 Å². The Balaban J connectivity index is 2.37. The van der Waals surface area contributed by atoms with E-state index in [0.717, 1.165) is 32.4 Å². The Kier molecular flexibility index (Phi) is 3.23. The van der Waals surface area contributed by atoms with Crippen LogP contribution in [0.5, 0.6) is 0 Å². The van der Waals surface area contributed by atoms with Crippen LogP contribution in [0.4, 0.5) is 0 Å². The Morgan fingerprint density at radius 3 is 2.17 bits per heavy atom. The topological polar surface area (TPSA) is 49.8 Å². The van der Waals surface area contributed by atoms with E-state index in [0.29, 0.717) is 0 Å². The third-order valence-corrected chi connectivity index (χ3v) is 4.53. The van der Waals surface area contributed by atoms with Gasteiger partial charge in [0.2, 0.25) is 0 Å². The van der Waals surface area contributed by atoms with Crippen molar-refractivity contribution in [3.05, 3.63) is 0 Å². The average molecular weight is 255 g/mol. The summed E-state index contributed by atoms with van der Waals surface area (Å²) in [5.74, 6) is -0.726. The summed E-state index contributed by atoms with van der Waals surface area (Å²) in [6, 6.07) is 0. The second-order valence-corrected chi connectivity index (χ2v) is 6.85. The maximum absolute atomic E-state index is 11.3. The molecule has 0 bridgehead atoms. The molecule has 2 aliphatic rings. The van der Waals surface area contributed by atoms with Gasteiger partial charge in [-0.15, -0.1) is 0 Å². The lowest BCUT2D eigenvalue weighted by molar-refractivity contribution is -0.147. The van der Waals surface area contributed by atoms with Crippen LogP contribution in [0.1, 0.15) is 53.4 Å². The molecule has 1 unspecified atom stereocenters. The Hall–Kier alpha value is -0.610. The van der Waals surface area contributed by atoms with Gasteiger partial charge in [0.25, 0.3) is 0 Å². The van der Waals surface area contributed by atoms with E-state index in [-0.39, 0.29) is 17.6 Å². The van der Waals surface area contributed by atoms with Crippen molar-refractivity contribution < 1.29 is 14.6 Å². The summed E-state index contributed by atoms with van der Waals surface area (Å²) >= 11 is 0. The smallest absolute Gasteiger partial charge is 0.305 e. The summed E-state index contributed by atoms with van der Waals surface area (Å²) < 4.78 is 6.16. The molecule has 2 heterocycles. The van der Waals surface area contributed by atoms with Crippen molar-refractivity contribution >= 4 is 5.97 Å². The number of aliphatic carboxylic acids is 1. The highest BCUT2D eigenvalue weighted by Crippen LogP contribution is 2.51. The fraction of sp³-hybridized carbons (Fsp3) is 0.929. The number of rotatable bonds is 3. The zero-order valence-electron chi connectivity index (χ0n) is 12.0. The molecule has 4 nitrogen and oxygen atoms in total. The van der Waals surface area contributed by atoms with E-state index in [2.05, 4.69) is 18.7 Å². The van der Waals surface area contributed by atoms with Gasteiger partial charge in [0.15, 0.2) is 0 Å². The predicted molar refractivity (Wildman–Crippen MR) is 69.7 cm³/mol. The van der Waals surface area contributed by atoms with Gasteiger partial charge in [0, 0.05) is 0 Å². The van der Waals surface area contributed by atoms with Crippen LogP contribution in [0.3, 0.4) is 0 Å². The van der Waals surface area contributed by atoms with Gasteiger partial charge in [-0.25, -0.2) is 0 Å². The van der Waals surface area contributed by atoms with Gasteiger partial charge < -0.3 is 9.84 Å². The van der Waals surface area contributed by atoms with Crippen molar-refractivity contribution in [2.45, 2.75) is 70.1 Å². The first-order valence-electron chi connectivity index (χ1n) is 6.86. The zero-order valence-corrected chi connectivity index (χ0v) is 12.0. The lowest BCUT2D eigenvalue weighted by atomic mass is 9.75. The normalized spacial score (nSPS) is 34.9. The Bertz CT molecular complexity index is 345. The number of hydrogen-bond acceptors (Lipinski definition) is 3. The maximum atomic E-state index is 11.3. The molecule has 1 atom stereocenters. The van der Waals surface area contributed by atoms with Crippen LogP contribution < -0.4 is 0 Å². The van der Waals surface area contributed by atoms with Gasteiger partial charge in [-0.2, -0.15) is 0 Å². The summed E-state index contributed by atoms with van der Waals surface area (Å²) in [7, 11) is 0. The predicted octanol–water partition coefficient (Wildman–Crippen LogP) is 2.27. The van der Waals surface area contributed by atoms with Gasteiger partial charge in [0.05, 0.1) is 23.2 Å². The highest BCUT2D eigenvalue weighted by molar-refractivity contribution is 5.69. The fourth-order valence-corrected chi connectivity index (χ4v) is 4.01. The van der Waals surface area contributed by atoms with Crippen LogP contribution in [0.25, 0.3) is 0 Å². The second kappa shape index (κ2) is 4.20. The number of carbonyl (C=O) groups is 1. The summed E-state index contributed by atoms with van der Waals surface area (Å²) in [5.41, 5.74) is -1.03. The van der Waals surface area contributed by atoms with E-state index < -0.39 is 11.6 Å². The number of ether oxygens (including phenoxy) is 1. The molecule has 0 aromatic carbocycles. The molecule has 2 fully saturated rings. The molecule has 1 N–H and O–H groups in total. The van der Waals surface area contributed by atoms with Crippen molar-refractivity contribution in [2.75, 3.05) is 13.1 Å². The van der Waals surface area contributed by atoms with Crippen LogP contribution in [0, 0.1) is 0 Å². The van der Waals surface area contributed by atoms with Crippen molar-refractivity contribution in [2.24, 2.45) is 0 Å². The van der Waals surface area contributed by atoms with Crippen molar-refractivity contribution in [3.8, 4) is 0 Å². The molecule has 18 heavy (non-hydrogen) atoms. The molecule has 0 spiro atoms. The van der Waals surface area contributed by atoms with Crippen molar-refractivity contribution in [3.63, 3.8) is 0 Å². The third-order valence-electron chi connectivity index (χ3n) is 4.53. The van der Waals surface area contributed by atoms with E-state index in [1.807, 2.05) is 13.8 Å². The van der Waals surface area contributed by atoms with Crippen LogP contribution >= 0.6 is 0 Å². The minimum absolute atomic E-state index is 0.170. The summed E-state index contributed by atoms with van der Waals surface area (Å²) in [6.07, 6.45) is 3.29. The molecular formula is C14H25NO3. The Morgan fingerprint density at radius 2 is 1.78 bits per heavy atom. The molecule has 0 amide bonds. The molecule has 2 rings (SSSR count). The van der Waals surface area contributed by atoms with Gasteiger partial charge >= 0.3 is 5.97 Å². The molecule has 2 saturated heterocycles. The fourth-order valence-electron chi connectivity index (χ4n) is 4.01. The average Bonchev–Trinajstić information content (AvgIpc) is 2.69. The van der Waals surface area contributed by atoms with Crippen LogP contribution in [0.2, 0.25) is 0 Å². The lowest BCUT2D eigenvalue weighted by Gasteiger charge is -2.45. The van der Waals surface area contributed by atoms with E-state index in [1.165, 1.54) is 0 Å². The molecule has 0 saturated carbocycles. The molecule has 104 valence electrons. The first-order chi connectivity index (χ1) is 8.19. The zero-order chi connectivity index (χ0) is 13.6. The molecule has 2 aliphatic heterocycles. The highest BCUT2D eigenvalue weighted by Gasteiger charge is 2.60. The monoisotopic (exact) mass is 255 g/mol.